The third-order valence-electron chi connectivity index (χ3n) is 4.80. The molecule has 0 unspecified atom stereocenters. The van der Waals surface area contributed by atoms with Crippen molar-refractivity contribution in [1.29, 1.82) is 0 Å². The molecule has 1 aliphatic rings. The highest BCUT2D eigenvalue weighted by atomic mass is 32.2. The van der Waals surface area contributed by atoms with Crippen molar-refractivity contribution in [3.8, 4) is 0 Å². The number of nitrogens with one attached hydrogen (secondary N) is 1. The summed E-state index contributed by atoms with van der Waals surface area (Å²) in [6.07, 6.45) is 3.53. The van der Waals surface area contributed by atoms with E-state index < -0.39 is 10.0 Å². The topological polar surface area (TPSA) is 69.7 Å². The van der Waals surface area contributed by atoms with Crippen molar-refractivity contribution < 1.29 is 13.2 Å². The van der Waals surface area contributed by atoms with Crippen LogP contribution in [-0.2, 0) is 14.8 Å². The lowest BCUT2D eigenvalue weighted by molar-refractivity contribution is -0.114. The molecule has 6 nitrogen and oxygen atoms in total. The number of rotatable bonds is 6. The smallest absolute Gasteiger partial charge is 0.245 e. The molecule has 2 aromatic rings. The van der Waals surface area contributed by atoms with Gasteiger partial charge in [0.2, 0.25) is 15.9 Å². The van der Waals surface area contributed by atoms with Crippen LogP contribution in [0.1, 0.15) is 24.0 Å². The van der Waals surface area contributed by atoms with Gasteiger partial charge in [-0.2, -0.15) is 0 Å². The van der Waals surface area contributed by atoms with E-state index in [-0.39, 0.29) is 12.5 Å². The van der Waals surface area contributed by atoms with Crippen LogP contribution in [0.2, 0.25) is 0 Å². The van der Waals surface area contributed by atoms with Gasteiger partial charge in [0.05, 0.1) is 11.9 Å². The van der Waals surface area contributed by atoms with Gasteiger partial charge in [0.25, 0.3) is 0 Å². The maximum Gasteiger partial charge on any atom is 0.245 e. The molecule has 2 aromatic carbocycles. The van der Waals surface area contributed by atoms with E-state index in [2.05, 4.69) is 10.2 Å². The van der Waals surface area contributed by atoms with Crippen LogP contribution in [0.3, 0.4) is 0 Å². The highest BCUT2D eigenvalue weighted by Gasteiger charge is 2.21. The second kappa shape index (κ2) is 8.22. The molecule has 0 saturated carbocycles. The van der Waals surface area contributed by atoms with Crippen LogP contribution >= 0.6 is 0 Å². The summed E-state index contributed by atoms with van der Waals surface area (Å²) >= 11 is 0. The summed E-state index contributed by atoms with van der Waals surface area (Å²) < 4.78 is 25.7. The number of amides is 1. The Morgan fingerprint density at radius 3 is 2.14 bits per heavy atom. The Morgan fingerprint density at radius 1 is 1.04 bits per heavy atom. The van der Waals surface area contributed by atoms with E-state index in [4.69, 9.17) is 0 Å². The monoisotopic (exact) mass is 401 g/mol. The predicted octanol–water partition coefficient (Wildman–Crippen LogP) is 3.31. The van der Waals surface area contributed by atoms with Gasteiger partial charge in [-0.25, -0.2) is 8.42 Å². The Labute approximate surface area is 167 Å². The fraction of sp³-hybridized carbons (Fsp3) is 0.381. The Hall–Kier alpha value is -2.54. The van der Waals surface area contributed by atoms with Crippen LogP contribution in [0.25, 0.3) is 0 Å². The largest absolute Gasteiger partial charge is 0.372 e. The molecule has 0 bridgehead atoms. The van der Waals surface area contributed by atoms with Gasteiger partial charge in [-0.1, -0.05) is 6.07 Å². The number of carbonyl (C=O) groups excluding carboxylic acids is 1. The molecule has 0 aromatic heterocycles. The highest BCUT2D eigenvalue weighted by molar-refractivity contribution is 7.92. The van der Waals surface area contributed by atoms with E-state index in [1.54, 1.807) is 12.1 Å². The number of aryl methyl sites for hydroxylation is 2. The second-order valence-corrected chi connectivity index (χ2v) is 9.31. The average Bonchev–Trinajstić information content (AvgIpc) is 3.13. The van der Waals surface area contributed by atoms with Gasteiger partial charge in [-0.05, 0) is 74.2 Å². The van der Waals surface area contributed by atoms with Gasteiger partial charge >= 0.3 is 0 Å². The SMILES string of the molecule is Cc1cc(C)cc(N(CC(=O)Nc2ccc(N3CCCC3)cc2)S(C)(=O)=O)c1. The van der Waals surface area contributed by atoms with Crippen molar-refractivity contribution in [1.82, 2.24) is 0 Å². The minimum Gasteiger partial charge on any atom is -0.372 e. The maximum absolute atomic E-state index is 12.5. The lowest BCUT2D eigenvalue weighted by Gasteiger charge is -2.23. The number of hydrogen-bond donors (Lipinski definition) is 1. The van der Waals surface area contributed by atoms with Crippen LogP contribution in [0.5, 0.6) is 0 Å². The van der Waals surface area contributed by atoms with Crippen LogP contribution < -0.4 is 14.5 Å². The van der Waals surface area contributed by atoms with Crippen LogP contribution in [0, 0.1) is 13.8 Å². The molecule has 0 spiro atoms. The van der Waals surface area contributed by atoms with Crippen LogP contribution in [0.15, 0.2) is 42.5 Å². The van der Waals surface area contributed by atoms with E-state index in [0.717, 1.165) is 40.5 Å². The molecule has 1 amide bonds. The standard InChI is InChI=1S/C21H27N3O3S/c1-16-12-17(2)14-20(13-16)24(28(3,26)27)15-21(25)22-18-6-8-19(9-7-18)23-10-4-5-11-23/h6-9,12-14H,4-5,10-11,15H2,1-3H3,(H,22,25). The van der Waals surface area contributed by atoms with E-state index in [1.165, 1.54) is 12.8 Å². The number of carbonyl (C=O) groups is 1. The van der Waals surface area contributed by atoms with Crippen LogP contribution in [-0.4, -0.2) is 40.2 Å². The van der Waals surface area contributed by atoms with Crippen molar-refractivity contribution in [3.63, 3.8) is 0 Å². The first-order chi connectivity index (χ1) is 13.2. The molecule has 0 radical (unpaired) electrons. The first-order valence-electron chi connectivity index (χ1n) is 9.43. The molecule has 1 aliphatic heterocycles. The molecule has 1 N–H and O–H groups in total. The van der Waals surface area contributed by atoms with Crippen molar-refractivity contribution in [2.45, 2.75) is 26.7 Å². The number of nitrogens with zero attached hydrogens (tertiary/aromatic N) is 2. The Morgan fingerprint density at radius 2 is 1.61 bits per heavy atom. The third kappa shape index (κ3) is 5.04. The number of anilines is 3. The zero-order valence-corrected chi connectivity index (χ0v) is 17.4. The summed E-state index contributed by atoms with van der Waals surface area (Å²) in [5.74, 6) is -0.376. The van der Waals surface area contributed by atoms with Crippen molar-refractivity contribution in [2.75, 3.05) is 40.4 Å². The van der Waals surface area contributed by atoms with Gasteiger partial charge in [0.1, 0.15) is 6.54 Å². The summed E-state index contributed by atoms with van der Waals surface area (Å²) in [5, 5.41) is 2.80. The molecular formula is C21H27N3O3S. The molecule has 1 saturated heterocycles. The summed E-state index contributed by atoms with van der Waals surface area (Å²) in [6, 6.07) is 13.2. The fourth-order valence-electron chi connectivity index (χ4n) is 3.56. The quantitative estimate of drug-likeness (QED) is 0.806. The third-order valence-corrected chi connectivity index (χ3v) is 5.94. The van der Waals surface area contributed by atoms with Crippen molar-refractivity contribution >= 4 is 33.0 Å². The first kappa shape index (κ1) is 20.2. The zero-order valence-electron chi connectivity index (χ0n) is 16.6. The maximum atomic E-state index is 12.5. The Kier molecular flexibility index (Phi) is 5.93. The first-order valence-corrected chi connectivity index (χ1v) is 11.3. The summed E-state index contributed by atoms with van der Waals surface area (Å²) in [6.45, 7) is 5.66. The van der Waals surface area contributed by atoms with Gasteiger partial charge in [-0.3, -0.25) is 9.10 Å². The Bertz CT molecular complexity index is 929. The molecule has 150 valence electrons. The lowest BCUT2D eigenvalue weighted by atomic mass is 10.1. The summed E-state index contributed by atoms with van der Waals surface area (Å²) in [4.78, 5) is 14.8. The minimum absolute atomic E-state index is 0.268. The summed E-state index contributed by atoms with van der Waals surface area (Å²) in [7, 11) is -3.59. The molecule has 1 fully saturated rings. The molecule has 0 atom stereocenters. The van der Waals surface area contributed by atoms with Crippen LogP contribution in [0.4, 0.5) is 17.1 Å². The molecular weight excluding hydrogens is 374 g/mol. The van der Waals surface area contributed by atoms with E-state index >= 15 is 0 Å². The van der Waals surface area contributed by atoms with Crippen molar-refractivity contribution in [3.05, 3.63) is 53.6 Å². The Balaban J connectivity index is 1.72. The summed E-state index contributed by atoms with van der Waals surface area (Å²) in [5.41, 5.74) is 4.19. The van der Waals surface area contributed by atoms with E-state index in [0.29, 0.717) is 11.4 Å². The van der Waals surface area contributed by atoms with E-state index in [1.807, 2.05) is 44.2 Å². The second-order valence-electron chi connectivity index (χ2n) is 7.40. The number of benzene rings is 2. The van der Waals surface area contributed by atoms with Gasteiger partial charge in [0, 0.05) is 24.5 Å². The molecule has 28 heavy (non-hydrogen) atoms. The van der Waals surface area contributed by atoms with Gasteiger partial charge < -0.3 is 10.2 Å². The van der Waals surface area contributed by atoms with Gasteiger partial charge in [0.15, 0.2) is 0 Å². The fourth-order valence-corrected chi connectivity index (χ4v) is 4.40. The number of hydrogen-bond acceptors (Lipinski definition) is 4. The molecule has 3 rings (SSSR count). The minimum atomic E-state index is -3.59. The lowest BCUT2D eigenvalue weighted by Crippen LogP contribution is -2.37. The molecule has 1 heterocycles. The van der Waals surface area contributed by atoms with E-state index in [9.17, 15) is 13.2 Å². The molecule has 0 aliphatic carbocycles. The normalized spacial score (nSPS) is 14.2. The van der Waals surface area contributed by atoms with Crippen molar-refractivity contribution in [2.24, 2.45) is 0 Å². The zero-order chi connectivity index (χ0) is 20.3. The average molecular weight is 402 g/mol. The van der Waals surface area contributed by atoms with Gasteiger partial charge in [-0.15, -0.1) is 0 Å². The highest BCUT2D eigenvalue weighted by Crippen LogP contribution is 2.23. The number of sulfonamides is 1. The molecule has 7 heteroatoms. The predicted molar refractivity (Wildman–Crippen MR) is 115 cm³/mol.